The molecule has 2 aliphatic rings. The molecular weight excluding hydrogens is 316 g/mol. The lowest BCUT2D eigenvalue weighted by molar-refractivity contribution is -0.119. The Morgan fingerprint density at radius 3 is 2.59 bits per heavy atom. The SMILES string of the molecule is Cc1ccc(N2C(=O)[C@@H]3CS[C@H](c4cccs4)N3C2=O)cc1. The van der Waals surface area contributed by atoms with E-state index < -0.39 is 0 Å². The molecule has 0 unspecified atom stereocenters. The summed E-state index contributed by atoms with van der Waals surface area (Å²) < 4.78 is 0. The number of carbonyl (C=O) groups excluding carboxylic acids is 2. The zero-order valence-electron chi connectivity index (χ0n) is 11.9. The minimum absolute atomic E-state index is 0.0445. The number of hydrogen-bond acceptors (Lipinski definition) is 4. The molecule has 0 spiro atoms. The Kier molecular flexibility index (Phi) is 3.23. The molecule has 2 fully saturated rings. The van der Waals surface area contributed by atoms with Gasteiger partial charge in [-0.25, -0.2) is 9.69 Å². The van der Waals surface area contributed by atoms with Gasteiger partial charge in [0.2, 0.25) is 0 Å². The van der Waals surface area contributed by atoms with Gasteiger partial charge in [-0.1, -0.05) is 23.8 Å². The molecule has 22 heavy (non-hydrogen) atoms. The van der Waals surface area contributed by atoms with E-state index in [1.165, 1.54) is 4.90 Å². The lowest BCUT2D eigenvalue weighted by Crippen LogP contribution is -2.33. The first-order valence-electron chi connectivity index (χ1n) is 7.05. The Bertz CT molecular complexity index is 727. The summed E-state index contributed by atoms with van der Waals surface area (Å²) in [4.78, 5) is 29.6. The minimum atomic E-state index is -0.342. The van der Waals surface area contributed by atoms with Crippen molar-refractivity contribution >= 4 is 40.7 Å². The van der Waals surface area contributed by atoms with Crippen LogP contribution >= 0.6 is 23.1 Å². The van der Waals surface area contributed by atoms with Gasteiger partial charge in [0.1, 0.15) is 11.4 Å². The van der Waals surface area contributed by atoms with Crippen molar-refractivity contribution in [3.8, 4) is 0 Å². The smallest absolute Gasteiger partial charge is 0.294 e. The van der Waals surface area contributed by atoms with Crippen LogP contribution in [0.4, 0.5) is 10.5 Å². The van der Waals surface area contributed by atoms with Crippen LogP contribution in [0.3, 0.4) is 0 Å². The van der Waals surface area contributed by atoms with Gasteiger partial charge in [0.25, 0.3) is 5.91 Å². The van der Waals surface area contributed by atoms with Crippen LogP contribution in [0.5, 0.6) is 0 Å². The standard InChI is InChI=1S/C16H14N2O2S2/c1-10-4-6-11(7-5-10)17-14(19)12-9-22-15(18(12)16(17)20)13-3-2-8-21-13/h2-8,12,15H,9H2,1H3/t12-,15+/m0/s1. The molecule has 2 atom stereocenters. The van der Waals surface area contributed by atoms with E-state index in [1.54, 1.807) is 28.0 Å². The summed E-state index contributed by atoms with van der Waals surface area (Å²) in [7, 11) is 0. The molecule has 4 rings (SSSR count). The molecule has 1 aromatic heterocycles. The Balaban J connectivity index is 1.69. The van der Waals surface area contributed by atoms with Gasteiger partial charge in [-0.15, -0.1) is 23.1 Å². The Labute approximate surface area is 136 Å². The lowest BCUT2D eigenvalue weighted by Gasteiger charge is -2.21. The van der Waals surface area contributed by atoms with E-state index in [2.05, 4.69) is 0 Å². The highest BCUT2D eigenvalue weighted by Gasteiger charge is 2.53. The van der Waals surface area contributed by atoms with Gasteiger partial charge in [0.15, 0.2) is 0 Å². The second-order valence-corrected chi connectivity index (χ2v) is 7.51. The molecule has 0 saturated carbocycles. The minimum Gasteiger partial charge on any atom is -0.294 e. The monoisotopic (exact) mass is 330 g/mol. The third kappa shape index (κ3) is 1.98. The predicted octanol–water partition coefficient (Wildman–Crippen LogP) is 3.64. The first-order chi connectivity index (χ1) is 10.7. The molecule has 2 saturated heterocycles. The molecule has 0 N–H and O–H groups in total. The molecular formula is C16H14N2O2S2. The second kappa shape index (κ2) is 5.14. The van der Waals surface area contributed by atoms with Crippen LogP contribution in [-0.2, 0) is 4.79 Å². The summed E-state index contributed by atoms with van der Waals surface area (Å²) in [5, 5.41) is 1.96. The highest BCUT2D eigenvalue weighted by atomic mass is 32.2. The zero-order valence-corrected chi connectivity index (χ0v) is 13.6. The van der Waals surface area contributed by atoms with Gasteiger partial charge in [-0.2, -0.15) is 0 Å². The van der Waals surface area contributed by atoms with Crippen LogP contribution in [0.1, 0.15) is 15.8 Å². The number of thiophene rings is 1. The van der Waals surface area contributed by atoms with Crippen molar-refractivity contribution in [2.75, 3.05) is 10.7 Å². The van der Waals surface area contributed by atoms with Crippen molar-refractivity contribution in [3.63, 3.8) is 0 Å². The fourth-order valence-electron chi connectivity index (χ4n) is 2.87. The number of thioether (sulfide) groups is 1. The summed E-state index contributed by atoms with van der Waals surface area (Å²) in [6, 6.07) is 11.0. The fraction of sp³-hybridized carbons (Fsp3) is 0.250. The van der Waals surface area contributed by atoms with E-state index >= 15 is 0 Å². The summed E-state index contributed by atoms with van der Waals surface area (Å²) in [5.74, 6) is 0.551. The largest absolute Gasteiger partial charge is 0.333 e. The van der Waals surface area contributed by atoms with Crippen LogP contribution < -0.4 is 4.90 Å². The van der Waals surface area contributed by atoms with Crippen LogP contribution in [0, 0.1) is 6.92 Å². The predicted molar refractivity (Wildman–Crippen MR) is 89.2 cm³/mol. The van der Waals surface area contributed by atoms with Crippen molar-refractivity contribution in [2.45, 2.75) is 18.3 Å². The molecule has 2 aromatic rings. The quantitative estimate of drug-likeness (QED) is 0.789. The summed E-state index contributed by atoms with van der Waals surface area (Å²) in [5.41, 5.74) is 1.76. The fourth-order valence-corrected chi connectivity index (χ4v) is 5.25. The molecule has 4 nitrogen and oxygen atoms in total. The average Bonchev–Trinajstić information content (AvgIpc) is 3.21. The van der Waals surface area contributed by atoms with Crippen molar-refractivity contribution in [1.29, 1.82) is 0 Å². The van der Waals surface area contributed by atoms with Gasteiger partial charge < -0.3 is 0 Å². The number of hydrogen-bond donors (Lipinski definition) is 0. The van der Waals surface area contributed by atoms with Crippen LogP contribution in [0.25, 0.3) is 0 Å². The van der Waals surface area contributed by atoms with E-state index in [0.29, 0.717) is 11.4 Å². The number of imide groups is 1. The molecule has 112 valence electrons. The molecule has 0 bridgehead atoms. The zero-order chi connectivity index (χ0) is 15.3. The number of benzene rings is 1. The molecule has 3 heterocycles. The van der Waals surface area contributed by atoms with E-state index in [0.717, 1.165) is 10.4 Å². The van der Waals surface area contributed by atoms with Gasteiger partial charge in [-0.3, -0.25) is 9.69 Å². The highest BCUT2D eigenvalue weighted by Crippen LogP contribution is 2.47. The third-order valence-electron chi connectivity index (χ3n) is 4.00. The Morgan fingerprint density at radius 1 is 1.14 bits per heavy atom. The number of carbonyl (C=O) groups is 2. The number of nitrogens with zero attached hydrogens (tertiary/aromatic N) is 2. The van der Waals surface area contributed by atoms with E-state index in [1.807, 2.05) is 48.7 Å². The number of urea groups is 1. The van der Waals surface area contributed by atoms with Gasteiger partial charge in [0.05, 0.1) is 5.69 Å². The second-order valence-electron chi connectivity index (χ2n) is 5.42. The lowest BCUT2D eigenvalue weighted by atomic mass is 10.2. The van der Waals surface area contributed by atoms with Gasteiger partial charge in [0, 0.05) is 10.6 Å². The molecule has 3 amide bonds. The maximum absolute atomic E-state index is 12.8. The first kappa shape index (κ1) is 13.8. The first-order valence-corrected chi connectivity index (χ1v) is 8.97. The van der Waals surface area contributed by atoms with E-state index in [9.17, 15) is 9.59 Å². The number of fused-ring (bicyclic) bond motifs is 1. The molecule has 6 heteroatoms. The number of anilines is 1. The maximum Gasteiger partial charge on any atom is 0.333 e. The normalized spacial score (nSPS) is 24.2. The maximum atomic E-state index is 12.8. The third-order valence-corrected chi connectivity index (χ3v) is 6.38. The van der Waals surface area contributed by atoms with Crippen LogP contribution in [-0.4, -0.2) is 28.6 Å². The summed E-state index contributed by atoms with van der Waals surface area (Å²) >= 11 is 3.29. The Hall–Kier alpha value is -1.79. The van der Waals surface area contributed by atoms with Crippen LogP contribution in [0.15, 0.2) is 41.8 Å². The number of rotatable bonds is 2. The topological polar surface area (TPSA) is 40.6 Å². The van der Waals surface area contributed by atoms with Crippen molar-refractivity contribution in [1.82, 2.24) is 4.90 Å². The van der Waals surface area contributed by atoms with Gasteiger partial charge in [-0.05, 0) is 30.5 Å². The molecule has 0 aliphatic carbocycles. The van der Waals surface area contributed by atoms with E-state index in [4.69, 9.17) is 0 Å². The highest BCUT2D eigenvalue weighted by molar-refractivity contribution is 7.99. The van der Waals surface area contributed by atoms with E-state index in [-0.39, 0.29) is 23.4 Å². The van der Waals surface area contributed by atoms with Gasteiger partial charge >= 0.3 is 6.03 Å². The van der Waals surface area contributed by atoms with Crippen molar-refractivity contribution < 1.29 is 9.59 Å². The van der Waals surface area contributed by atoms with Crippen molar-refractivity contribution in [3.05, 3.63) is 52.2 Å². The number of amides is 3. The molecule has 2 aliphatic heterocycles. The van der Waals surface area contributed by atoms with Crippen LogP contribution in [0.2, 0.25) is 0 Å². The molecule has 1 aromatic carbocycles. The summed E-state index contributed by atoms with van der Waals surface area (Å²) in [6.07, 6.45) is 0. The average molecular weight is 330 g/mol. The number of aryl methyl sites for hydroxylation is 1. The summed E-state index contributed by atoms with van der Waals surface area (Å²) in [6.45, 7) is 1.99. The van der Waals surface area contributed by atoms with Crippen molar-refractivity contribution in [2.24, 2.45) is 0 Å². The Morgan fingerprint density at radius 2 is 1.91 bits per heavy atom. The molecule has 0 radical (unpaired) electrons.